The zero-order valence-corrected chi connectivity index (χ0v) is 18.4. The number of benzene rings is 1. The molecule has 0 spiro atoms. The number of hydrogen-bond acceptors (Lipinski definition) is 6. The summed E-state index contributed by atoms with van der Waals surface area (Å²) < 4.78 is 0. The molecule has 1 saturated carbocycles. The Kier molecular flexibility index (Phi) is 5.00. The number of aryl methyl sites for hydroxylation is 1. The van der Waals surface area contributed by atoms with E-state index in [-0.39, 0.29) is 5.91 Å². The van der Waals surface area contributed by atoms with Gasteiger partial charge in [-0.05, 0) is 50.8 Å². The third kappa shape index (κ3) is 3.94. The zero-order valence-electron chi connectivity index (χ0n) is 18.4. The van der Waals surface area contributed by atoms with E-state index in [1.165, 1.54) is 12.8 Å². The van der Waals surface area contributed by atoms with Crippen molar-refractivity contribution < 1.29 is 4.79 Å². The van der Waals surface area contributed by atoms with E-state index in [4.69, 9.17) is 0 Å². The topological polar surface area (TPSA) is 81.2 Å². The van der Waals surface area contributed by atoms with Crippen molar-refractivity contribution in [1.29, 1.82) is 0 Å². The maximum Gasteiger partial charge on any atom is 0.253 e. The summed E-state index contributed by atoms with van der Waals surface area (Å²) in [5, 5.41) is 0. The summed E-state index contributed by atoms with van der Waals surface area (Å²) in [6.45, 7) is 3.45. The molecule has 8 nitrogen and oxygen atoms in total. The maximum atomic E-state index is 13.1. The van der Waals surface area contributed by atoms with Gasteiger partial charge in [0.15, 0.2) is 0 Å². The van der Waals surface area contributed by atoms with Crippen LogP contribution in [0.15, 0.2) is 30.6 Å². The van der Waals surface area contributed by atoms with E-state index in [0.717, 1.165) is 60.0 Å². The Labute approximate surface area is 182 Å². The van der Waals surface area contributed by atoms with Crippen LogP contribution < -0.4 is 9.80 Å². The van der Waals surface area contributed by atoms with Gasteiger partial charge in [-0.15, -0.1) is 0 Å². The normalized spacial score (nSPS) is 17.2. The van der Waals surface area contributed by atoms with Crippen LogP contribution in [0.3, 0.4) is 0 Å². The number of likely N-dealkylation sites (tertiary alicyclic amines) is 1. The highest BCUT2D eigenvalue weighted by Crippen LogP contribution is 2.36. The molecule has 1 amide bonds. The number of carbonyl (C=O) groups is 1. The summed E-state index contributed by atoms with van der Waals surface area (Å²) in [4.78, 5) is 36.2. The van der Waals surface area contributed by atoms with Crippen LogP contribution in [0, 0.1) is 6.92 Å². The summed E-state index contributed by atoms with van der Waals surface area (Å²) in [6.07, 6.45) is 5.99. The SMILES string of the molecule is Cc1nc2ccc(C(=O)N3CCC(N(c4cc(N(C)C)ncn4)C4CC4)CC3)cc2[nH]1. The molecule has 8 heteroatoms. The largest absolute Gasteiger partial charge is 0.363 e. The third-order valence-electron chi connectivity index (χ3n) is 6.29. The van der Waals surface area contributed by atoms with Gasteiger partial charge in [-0.1, -0.05) is 0 Å². The summed E-state index contributed by atoms with van der Waals surface area (Å²) >= 11 is 0. The summed E-state index contributed by atoms with van der Waals surface area (Å²) in [5.41, 5.74) is 2.54. The Bertz CT molecular complexity index is 1100. The molecule has 3 heterocycles. The van der Waals surface area contributed by atoms with E-state index in [0.29, 0.717) is 12.1 Å². The van der Waals surface area contributed by atoms with E-state index in [1.54, 1.807) is 6.33 Å². The number of aromatic nitrogens is 4. The lowest BCUT2D eigenvalue weighted by Crippen LogP contribution is -2.48. The molecule has 0 atom stereocenters. The molecule has 2 fully saturated rings. The molecule has 162 valence electrons. The van der Waals surface area contributed by atoms with Crippen LogP contribution in [0.2, 0.25) is 0 Å². The van der Waals surface area contributed by atoms with E-state index >= 15 is 0 Å². The summed E-state index contributed by atoms with van der Waals surface area (Å²) in [7, 11) is 4.00. The second kappa shape index (κ2) is 7.83. The molecule has 0 radical (unpaired) electrons. The standard InChI is InChI=1S/C23H29N7O/c1-15-26-19-7-4-16(12-20(19)27-15)23(31)29-10-8-18(9-11-29)30(17-5-6-17)22-13-21(28(2)3)24-14-25-22/h4,7,12-14,17-18H,5-6,8-11H2,1-3H3,(H,26,27). The number of amides is 1. The zero-order chi connectivity index (χ0) is 21.5. The number of nitrogens with one attached hydrogen (secondary N) is 1. The first-order valence-electron chi connectivity index (χ1n) is 11.0. The van der Waals surface area contributed by atoms with Crippen molar-refractivity contribution in [1.82, 2.24) is 24.8 Å². The van der Waals surface area contributed by atoms with E-state index in [1.807, 2.05) is 49.0 Å². The molecule has 1 saturated heterocycles. The fourth-order valence-corrected chi connectivity index (χ4v) is 4.55. The Hall–Kier alpha value is -3.16. The molecule has 31 heavy (non-hydrogen) atoms. The average Bonchev–Trinajstić information content (AvgIpc) is 3.53. The Morgan fingerprint density at radius 3 is 2.45 bits per heavy atom. The Morgan fingerprint density at radius 1 is 1.03 bits per heavy atom. The lowest BCUT2D eigenvalue weighted by molar-refractivity contribution is 0.0712. The predicted octanol–water partition coefficient (Wildman–Crippen LogP) is 3.00. The van der Waals surface area contributed by atoms with E-state index in [9.17, 15) is 4.79 Å². The van der Waals surface area contributed by atoms with Crippen LogP contribution >= 0.6 is 0 Å². The smallest absolute Gasteiger partial charge is 0.253 e. The molecule has 1 N–H and O–H groups in total. The van der Waals surface area contributed by atoms with Crippen molar-refractivity contribution in [3.63, 3.8) is 0 Å². The highest BCUT2D eigenvalue weighted by atomic mass is 16.2. The van der Waals surface area contributed by atoms with Crippen molar-refractivity contribution in [3.05, 3.63) is 42.0 Å². The Morgan fingerprint density at radius 2 is 1.74 bits per heavy atom. The summed E-state index contributed by atoms with van der Waals surface area (Å²) in [5.74, 6) is 2.89. The highest BCUT2D eigenvalue weighted by Gasteiger charge is 2.37. The predicted molar refractivity (Wildman–Crippen MR) is 122 cm³/mol. The number of imidazole rings is 1. The van der Waals surface area contributed by atoms with Gasteiger partial charge in [0, 0.05) is 50.9 Å². The number of rotatable bonds is 5. The average molecular weight is 420 g/mol. The quantitative estimate of drug-likeness (QED) is 0.685. The molecule has 5 rings (SSSR count). The van der Waals surface area contributed by atoms with Gasteiger partial charge in [0.2, 0.25) is 0 Å². The number of aromatic amines is 1. The van der Waals surface area contributed by atoms with Gasteiger partial charge < -0.3 is 19.7 Å². The fraction of sp³-hybridized carbons (Fsp3) is 0.478. The van der Waals surface area contributed by atoms with Gasteiger partial charge in [0.25, 0.3) is 5.91 Å². The maximum absolute atomic E-state index is 13.1. The first-order chi connectivity index (χ1) is 15.0. The lowest BCUT2D eigenvalue weighted by atomic mass is 10.0. The van der Waals surface area contributed by atoms with Crippen LogP contribution in [0.1, 0.15) is 41.9 Å². The minimum absolute atomic E-state index is 0.0995. The number of hydrogen-bond donors (Lipinski definition) is 1. The minimum atomic E-state index is 0.0995. The van der Waals surface area contributed by atoms with Gasteiger partial charge in [-0.3, -0.25) is 4.79 Å². The molecule has 0 bridgehead atoms. The van der Waals surface area contributed by atoms with Gasteiger partial charge in [0.05, 0.1) is 11.0 Å². The van der Waals surface area contributed by atoms with Crippen molar-refractivity contribution in [2.45, 2.75) is 44.7 Å². The first-order valence-corrected chi connectivity index (χ1v) is 11.0. The molecule has 2 aromatic heterocycles. The van der Waals surface area contributed by atoms with Crippen molar-refractivity contribution >= 4 is 28.6 Å². The van der Waals surface area contributed by atoms with E-state index in [2.05, 4.69) is 30.9 Å². The first kappa shape index (κ1) is 19.8. The number of carbonyl (C=O) groups excluding carboxylic acids is 1. The van der Waals surface area contributed by atoms with Crippen LogP contribution in [0.5, 0.6) is 0 Å². The number of nitrogens with zero attached hydrogens (tertiary/aromatic N) is 6. The van der Waals surface area contributed by atoms with Crippen LogP contribution in [-0.4, -0.2) is 70.0 Å². The molecule has 1 aromatic carbocycles. The molecule has 1 aliphatic carbocycles. The minimum Gasteiger partial charge on any atom is -0.363 e. The number of anilines is 2. The second-order valence-corrected chi connectivity index (χ2v) is 8.84. The number of fused-ring (bicyclic) bond motifs is 1. The molecular formula is C23H29N7O. The monoisotopic (exact) mass is 419 g/mol. The van der Waals surface area contributed by atoms with E-state index < -0.39 is 0 Å². The number of H-pyrrole nitrogens is 1. The number of piperidine rings is 1. The van der Waals surface area contributed by atoms with Crippen molar-refractivity contribution in [3.8, 4) is 0 Å². The van der Waals surface area contributed by atoms with Gasteiger partial charge in [-0.2, -0.15) is 0 Å². The molecule has 1 aliphatic heterocycles. The molecule has 3 aromatic rings. The Balaban J connectivity index is 1.29. The molecule has 0 unspecified atom stereocenters. The summed E-state index contributed by atoms with van der Waals surface area (Å²) in [6, 6.07) is 8.77. The molecule has 2 aliphatic rings. The highest BCUT2D eigenvalue weighted by molar-refractivity contribution is 5.97. The van der Waals surface area contributed by atoms with Crippen molar-refractivity contribution in [2.24, 2.45) is 0 Å². The third-order valence-corrected chi connectivity index (χ3v) is 6.29. The molecular weight excluding hydrogens is 390 g/mol. The van der Waals surface area contributed by atoms with Gasteiger partial charge >= 0.3 is 0 Å². The lowest BCUT2D eigenvalue weighted by Gasteiger charge is -2.39. The second-order valence-electron chi connectivity index (χ2n) is 8.84. The van der Waals surface area contributed by atoms with Crippen LogP contribution in [-0.2, 0) is 0 Å². The van der Waals surface area contributed by atoms with Gasteiger partial charge in [0.1, 0.15) is 23.8 Å². The fourth-order valence-electron chi connectivity index (χ4n) is 4.55. The van der Waals surface area contributed by atoms with Crippen LogP contribution in [0.25, 0.3) is 11.0 Å². The van der Waals surface area contributed by atoms with Gasteiger partial charge in [-0.25, -0.2) is 15.0 Å². The van der Waals surface area contributed by atoms with Crippen LogP contribution in [0.4, 0.5) is 11.6 Å². The van der Waals surface area contributed by atoms with Crippen molar-refractivity contribution in [2.75, 3.05) is 37.0 Å².